The van der Waals surface area contributed by atoms with Crippen molar-refractivity contribution in [3.8, 4) is 5.75 Å². The monoisotopic (exact) mass is 354 g/mol. The number of nitro groups is 1. The average molecular weight is 355 g/mol. The second kappa shape index (κ2) is 6.44. The van der Waals surface area contributed by atoms with E-state index in [-0.39, 0.29) is 23.7 Å². The number of Topliss-reactive ketones (excluding diaryl/α,β-unsaturated/α-hetero) is 1. The maximum Gasteiger partial charge on any atom is 0.492 e. The second-order valence-corrected chi connectivity index (χ2v) is 4.77. The minimum Gasteiger partial charge on any atom is -0.491 e. The molecule has 2 rings (SSSR count). The predicted molar refractivity (Wildman–Crippen MR) is 76.3 cm³/mol. The van der Waals surface area contributed by atoms with Gasteiger partial charge in [-0.25, -0.2) is 0 Å². The Hall–Kier alpha value is -2.29. The number of ether oxygens (including phenoxy) is 1. The van der Waals surface area contributed by atoms with Crippen molar-refractivity contribution >= 4 is 27.7 Å². The fraction of sp³-hybridized carbons (Fsp3) is 0.250. The van der Waals surface area contributed by atoms with Crippen LogP contribution >= 0.6 is 15.9 Å². The van der Waals surface area contributed by atoms with Gasteiger partial charge in [0.05, 0.1) is 12.1 Å². The van der Waals surface area contributed by atoms with Gasteiger partial charge in [-0.2, -0.15) is 4.68 Å². The van der Waals surface area contributed by atoms with Crippen LogP contribution in [0.1, 0.15) is 17.3 Å². The molecule has 0 radical (unpaired) electrons. The van der Waals surface area contributed by atoms with E-state index in [9.17, 15) is 14.9 Å². The highest BCUT2D eigenvalue weighted by Gasteiger charge is 2.19. The summed E-state index contributed by atoms with van der Waals surface area (Å²) in [5.74, 6) is -0.107. The summed E-state index contributed by atoms with van der Waals surface area (Å²) < 4.78 is 7.09. The molecule has 0 saturated carbocycles. The van der Waals surface area contributed by atoms with Crippen LogP contribution in [0.15, 0.2) is 29.0 Å². The van der Waals surface area contributed by atoms with Gasteiger partial charge in [0.1, 0.15) is 12.4 Å². The molecule has 8 nitrogen and oxygen atoms in total. The fourth-order valence-corrected chi connectivity index (χ4v) is 2.07. The van der Waals surface area contributed by atoms with Crippen molar-refractivity contribution in [3.63, 3.8) is 0 Å². The number of aromatic nitrogens is 3. The number of hydrogen-bond acceptors (Lipinski definition) is 6. The molecule has 0 aliphatic carbocycles. The van der Waals surface area contributed by atoms with Crippen molar-refractivity contribution in [2.45, 2.75) is 13.5 Å². The summed E-state index contributed by atoms with van der Waals surface area (Å²) >= 11 is 3.08. The summed E-state index contributed by atoms with van der Waals surface area (Å²) in [6, 6.07) is 6.88. The number of carbonyl (C=O) groups excluding carboxylic acids is 1. The number of benzene rings is 1. The van der Waals surface area contributed by atoms with E-state index in [1.165, 1.54) is 11.6 Å². The van der Waals surface area contributed by atoms with Crippen molar-refractivity contribution in [2.75, 3.05) is 6.61 Å². The van der Waals surface area contributed by atoms with Gasteiger partial charge in [0.2, 0.25) is 0 Å². The highest BCUT2D eigenvalue weighted by Crippen LogP contribution is 2.18. The van der Waals surface area contributed by atoms with Gasteiger partial charge < -0.3 is 14.9 Å². The molecule has 0 N–H and O–H groups in total. The molecule has 0 aliphatic rings. The van der Waals surface area contributed by atoms with E-state index in [0.29, 0.717) is 11.3 Å². The number of nitrogens with zero attached hydrogens (tertiary/aromatic N) is 4. The van der Waals surface area contributed by atoms with E-state index in [0.717, 1.165) is 0 Å². The van der Waals surface area contributed by atoms with Crippen LogP contribution in [0.5, 0.6) is 5.75 Å². The normalized spacial score (nSPS) is 10.4. The molecule has 1 aromatic heterocycles. The Morgan fingerprint density at radius 1 is 1.48 bits per heavy atom. The molecule has 1 heterocycles. The van der Waals surface area contributed by atoms with Gasteiger partial charge in [0, 0.05) is 21.0 Å². The van der Waals surface area contributed by atoms with Crippen molar-refractivity contribution in [3.05, 3.63) is 44.7 Å². The highest BCUT2D eigenvalue weighted by molar-refractivity contribution is 9.10. The van der Waals surface area contributed by atoms with E-state index in [1.54, 1.807) is 24.3 Å². The van der Waals surface area contributed by atoms with Gasteiger partial charge in [0.25, 0.3) is 4.73 Å². The first-order valence-electron chi connectivity index (χ1n) is 5.96. The topological polar surface area (TPSA) is 100 Å². The molecule has 110 valence electrons. The van der Waals surface area contributed by atoms with Crippen molar-refractivity contribution in [1.82, 2.24) is 14.8 Å². The molecular weight excluding hydrogens is 344 g/mol. The van der Waals surface area contributed by atoms with Crippen LogP contribution in [0.2, 0.25) is 0 Å². The molecule has 0 spiro atoms. The number of rotatable bonds is 6. The largest absolute Gasteiger partial charge is 0.492 e. The van der Waals surface area contributed by atoms with Gasteiger partial charge in [-0.1, -0.05) is 12.1 Å². The minimum absolute atomic E-state index is 0.0943. The lowest BCUT2D eigenvalue weighted by Gasteiger charge is -2.08. The van der Waals surface area contributed by atoms with Crippen LogP contribution in [0, 0.1) is 10.1 Å². The third kappa shape index (κ3) is 3.63. The molecule has 0 aliphatic heterocycles. The van der Waals surface area contributed by atoms with E-state index in [4.69, 9.17) is 4.74 Å². The van der Waals surface area contributed by atoms with Crippen LogP contribution in [0.3, 0.4) is 0 Å². The molecule has 0 atom stereocenters. The lowest BCUT2D eigenvalue weighted by atomic mass is 10.1. The van der Waals surface area contributed by atoms with Crippen LogP contribution in [-0.4, -0.2) is 32.1 Å². The summed E-state index contributed by atoms with van der Waals surface area (Å²) in [5, 5.41) is 14.3. The van der Waals surface area contributed by atoms with Gasteiger partial charge in [-0.3, -0.25) is 4.79 Å². The first-order chi connectivity index (χ1) is 9.99. The van der Waals surface area contributed by atoms with E-state index in [1.807, 2.05) is 0 Å². The van der Waals surface area contributed by atoms with E-state index >= 15 is 0 Å². The first kappa shape index (κ1) is 15.1. The number of para-hydroxylation sites is 1. The average Bonchev–Trinajstić information content (AvgIpc) is 2.81. The van der Waals surface area contributed by atoms with Gasteiger partial charge in [-0.15, -0.1) is 0 Å². The molecule has 0 saturated heterocycles. The minimum atomic E-state index is -0.673. The predicted octanol–water partition coefficient (Wildman–Crippen LogP) is 2.23. The highest BCUT2D eigenvalue weighted by atomic mass is 79.9. The van der Waals surface area contributed by atoms with Crippen molar-refractivity contribution in [1.29, 1.82) is 0 Å². The Kier molecular flexibility index (Phi) is 4.63. The van der Waals surface area contributed by atoms with Gasteiger partial charge in [0.15, 0.2) is 5.78 Å². The summed E-state index contributed by atoms with van der Waals surface area (Å²) in [6.45, 7) is 1.91. The quantitative estimate of drug-likeness (QED) is 0.448. The Balaban J connectivity index is 2.02. The number of ketones is 1. The Morgan fingerprint density at radius 3 is 2.81 bits per heavy atom. The van der Waals surface area contributed by atoms with Crippen molar-refractivity contribution in [2.24, 2.45) is 0 Å². The summed E-state index contributed by atoms with van der Waals surface area (Å²) in [5.41, 5.74) is 0.487. The van der Waals surface area contributed by atoms with Crippen LogP contribution in [0.4, 0.5) is 5.95 Å². The zero-order valence-electron chi connectivity index (χ0n) is 11.0. The molecule has 1 aromatic carbocycles. The molecule has 0 bridgehead atoms. The summed E-state index contributed by atoms with van der Waals surface area (Å²) in [6.07, 6.45) is 0. The fourth-order valence-electron chi connectivity index (χ4n) is 1.66. The van der Waals surface area contributed by atoms with E-state index < -0.39 is 10.9 Å². The van der Waals surface area contributed by atoms with Crippen LogP contribution in [-0.2, 0) is 6.54 Å². The maximum atomic E-state index is 11.4. The molecular formula is C12H11BrN4O4. The third-order valence-electron chi connectivity index (χ3n) is 2.61. The second-order valence-electron chi connectivity index (χ2n) is 4.06. The lowest BCUT2D eigenvalue weighted by Crippen LogP contribution is -2.11. The summed E-state index contributed by atoms with van der Waals surface area (Å²) in [7, 11) is 0. The zero-order valence-corrected chi connectivity index (χ0v) is 12.6. The number of halogens is 1. The molecule has 2 aromatic rings. The Labute approximate surface area is 128 Å². The van der Waals surface area contributed by atoms with E-state index in [2.05, 4.69) is 26.0 Å². The number of carbonyl (C=O) groups is 1. The molecule has 0 fully saturated rings. The van der Waals surface area contributed by atoms with Crippen LogP contribution < -0.4 is 4.74 Å². The number of hydrogen-bond donors (Lipinski definition) is 0. The molecule has 0 unspecified atom stereocenters. The molecule has 21 heavy (non-hydrogen) atoms. The molecule has 0 amide bonds. The smallest absolute Gasteiger partial charge is 0.491 e. The first-order valence-corrected chi connectivity index (χ1v) is 6.76. The lowest BCUT2D eigenvalue weighted by molar-refractivity contribution is -0.394. The van der Waals surface area contributed by atoms with Gasteiger partial charge >= 0.3 is 5.95 Å². The standard InChI is InChI=1S/C12H11BrN4O4/c1-8(18)9-4-2-3-5-10(9)21-7-6-16-11(13)14-12(15-16)17(19)20/h2-5H,6-7H2,1H3. The van der Waals surface area contributed by atoms with Crippen molar-refractivity contribution < 1.29 is 14.5 Å². The van der Waals surface area contributed by atoms with Gasteiger partial charge in [-0.05, 0) is 29.0 Å². The van der Waals surface area contributed by atoms with Crippen LogP contribution in [0.25, 0.3) is 0 Å². The zero-order chi connectivity index (χ0) is 15.4. The third-order valence-corrected chi connectivity index (χ3v) is 3.19. The SMILES string of the molecule is CC(=O)c1ccccc1OCCn1nc([N+](=O)[O-])nc1Br. The Bertz CT molecular complexity index is 686. The summed E-state index contributed by atoms with van der Waals surface area (Å²) in [4.78, 5) is 25.0. The molecule has 9 heteroatoms. The maximum absolute atomic E-state index is 11.4. The Morgan fingerprint density at radius 2 is 2.19 bits per heavy atom.